The summed E-state index contributed by atoms with van der Waals surface area (Å²) in [7, 11) is 0. The Hall–Kier alpha value is -2.11. The number of aryl methyl sites for hydroxylation is 1. The summed E-state index contributed by atoms with van der Waals surface area (Å²) in [4.78, 5) is 25.6. The van der Waals surface area contributed by atoms with E-state index in [4.69, 9.17) is 0 Å². The highest BCUT2D eigenvalue weighted by molar-refractivity contribution is 5.80. The van der Waals surface area contributed by atoms with Gasteiger partial charge in [0.25, 0.3) is 0 Å². The van der Waals surface area contributed by atoms with E-state index in [0.717, 1.165) is 24.0 Å². The third-order valence-electron chi connectivity index (χ3n) is 5.56. The first-order valence-corrected chi connectivity index (χ1v) is 8.43. The molecule has 0 unspecified atom stereocenters. The zero-order valence-electron chi connectivity index (χ0n) is 13.8. The van der Waals surface area contributed by atoms with Crippen molar-refractivity contribution >= 4 is 12.0 Å². The third-order valence-corrected chi connectivity index (χ3v) is 5.56. The Labute approximate surface area is 140 Å². The van der Waals surface area contributed by atoms with Gasteiger partial charge in [-0.3, -0.25) is 4.79 Å². The van der Waals surface area contributed by atoms with Crippen LogP contribution in [0.3, 0.4) is 0 Å². The normalized spacial score (nSPS) is 25.6. The number of fused-ring (bicyclic) bond motifs is 1. The molecule has 2 N–H and O–H groups in total. The van der Waals surface area contributed by atoms with E-state index in [0.29, 0.717) is 32.5 Å². The summed E-state index contributed by atoms with van der Waals surface area (Å²) in [6.45, 7) is 3.12. The molecular formula is C18H23FN2O3. The van der Waals surface area contributed by atoms with E-state index in [-0.39, 0.29) is 17.8 Å². The smallest absolute Gasteiger partial charge is 0.317 e. The Bertz CT molecular complexity index is 664. The number of halogens is 1. The second-order valence-electron chi connectivity index (χ2n) is 6.98. The minimum atomic E-state index is -0.776. The van der Waals surface area contributed by atoms with Gasteiger partial charge in [0.1, 0.15) is 5.82 Å². The average Bonchev–Trinajstić information content (AvgIpc) is 3.07. The van der Waals surface area contributed by atoms with Crippen molar-refractivity contribution in [2.75, 3.05) is 19.6 Å². The Morgan fingerprint density at radius 1 is 1.46 bits per heavy atom. The molecule has 0 spiro atoms. The monoisotopic (exact) mass is 334 g/mol. The van der Waals surface area contributed by atoms with Crippen molar-refractivity contribution in [3.05, 3.63) is 35.1 Å². The van der Waals surface area contributed by atoms with Gasteiger partial charge in [-0.05, 0) is 55.4 Å². The van der Waals surface area contributed by atoms with Gasteiger partial charge in [-0.25, -0.2) is 9.18 Å². The van der Waals surface area contributed by atoms with Crippen molar-refractivity contribution in [2.24, 2.45) is 11.3 Å². The van der Waals surface area contributed by atoms with Crippen LogP contribution in [-0.2, 0) is 11.2 Å². The fraction of sp³-hybridized carbons (Fsp3) is 0.556. The Kier molecular flexibility index (Phi) is 4.47. The Morgan fingerprint density at radius 2 is 2.25 bits per heavy atom. The predicted molar refractivity (Wildman–Crippen MR) is 87.2 cm³/mol. The summed E-state index contributed by atoms with van der Waals surface area (Å²) < 4.78 is 13.1. The molecule has 2 atom stereocenters. The number of benzene rings is 1. The first-order chi connectivity index (χ1) is 11.4. The minimum Gasteiger partial charge on any atom is -0.481 e. The molecule has 1 heterocycles. The number of rotatable bonds is 4. The summed E-state index contributed by atoms with van der Waals surface area (Å²) in [6, 6.07) is 4.43. The zero-order chi connectivity index (χ0) is 17.3. The first kappa shape index (κ1) is 16.7. The topological polar surface area (TPSA) is 69.6 Å². The molecule has 130 valence electrons. The van der Waals surface area contributed by atoms with Gasteiger partial charge in [-0.15, -0.1) is 0 Å². The van der Waals surface area contributed by atoms with Crippen LogP contribution >= 0.6 is 0 Å². The van der Waals surface area contributed by atoms with Crippen molar-refractivity contribution in [2.45, 2.75) is 32.6 Å². The van der Waals surface area contributed by atoms with E-state index in [1.807, 2.05) is 6.92 Å². The fourth-order valence-electron chi connectivity index (χ4n) is 4.15. The van der Waals surface area contributed by atoms with Gasteiger partial charge in [0.05, 0.1) is 5.41 Å². The molecule has 2 fully saturated rings. The number of carboxylic acids is 1. The van der Waals surface area contributed by atoms with Crippen LogP contribution in [0.1, 0.15) is 30.4 Å². The highest BCUT2D eigenvalue weighted by Gasteiger charge is 2.55. The van der Waals surface area contributed by atoms with Gasteiger partial charge < -0.3 is 15.3 Å². The van der Waals surface area contributed by atoms with Gasteiger partial charge in [0.15, 0.2) is 0 Å². The SMILES string of the molecule is Cc1cc(F)ccc1CCNC(=O)N1C[C@@H]2CCC[C@@]2(C(=O)O)C1. The second kappa shape index (κ2) is 6.42. The first-order valence-electron chi connectivity index (χ1n) is 8.43. The lowest BCUT2D eigenvalue weighted by Gasteiger charge is -2.23. The van der Waals surface area contributed by atoms with Crippen LogP contribution < -0.4 is 5.32 Å². The van der Waals surface area contributed by atoms with Gasteiger partial charge in [0, 0.05) is 19.6 Å². The molecule has 2 aliphatic rings. The molecule has 1 aliphatic carbocycles. The van der Waals surface area contributed by atoms with Crippen molar-refractivity contribution < 1.29 is 19.1 Å². The standard InChI is InChI=1S/C18H23FN2O3/c1-12-9-15(19)5-4-13(12)6-8-20-17(24)21-10-14-3-2-7-18(14,11-21)16(22)23/h4-5,9,14H,2-3,6-8,10-11H2,1H3,(H,20,24)(H,22,23)/t14-,18+/m0/s1. The van der Waals surface area contributed by atoms with E-state index < -0.39 is 11.4 Å². The molecule has 2 amide bonds. The summed E-state index contributed by atoms with van der Waals surface area (Å²) in [5, 5.41) is 12.4. The quantitative estimate of drug-likeness (QED) is 0.889. The molecule has 3 rings (SSSR count). The van der Waals surface area contributed by atoms with Crippen LogP contribution in [0.25, 0.3) is 0 Å². The lowest BCUT2D eigenvalue weighted by molar-refractivity contribution is -0.149. The molecule has 1 aromatic rings. The number of amides is 2. The summed E-state index contributed by atoms with van der Waals surface area (Å²) >= 11 is 0. The number of likely N-dealkylation sites (tertiary alicyclic amines) is 1. The summed E-state index contributed by atoms with van der Waals surface area (Å²) in [6.07, 6.45) is 3.09. The molecule has 1 aliphatic heterocycles. The molecular weight excluding hydrogens is 311 g/mol. The highest BCUT2D eigenvalue weighted by Crippen LogP contribution is 2.48. The molecule has 0 aromatic heterocycles. The van der Waals surface area contributed by atoms with Crippen LogP contribution in [0.15, 0.2) is 18.2 Å². The number of aliphatic carboxylic acids is 1. The van der Waals surface area contributed by atoms with Gasteiger partial charge in [0.2, 0.25) is 0 Å². The van der Waals surface area contributed by atoms with Crippen LogP contribution in [-0.4, -0.2) is 41.6 Å². The maximum atomic E-state index is 13.1. The average molecular weight is 334 g/mol. The maximum absolute atomic E-state index is 13.1. The maximum Gasteiger partial charge on any atom is 0.317 e. The van der Waals surface area contributed by atoms with Crippen LogP contribution in [0.4, 0.5) is 9.18 Å². The van der Waals surface area contributed by atoms with Crippen molar-refractivity contribution in [3.63, 3.8) is 0 Å². The molecule has 0 radical (unpaired) electrons. The Morgan fingerprint density at radius 3 is 2.92 bits per heavy atom. The number of carboxylic acid groups (broad SMARTS) is 1. The molecule has 1 saturated carbocycles. The molecule has 0 bridgehead atoms. The number of urea groups is 1. The van der Waals surface area contributed by atoms with Crippen molar-refractivity contribution in [1.82, 2.24) is 10.2 Å². The number of hydrogen-bond donors (Lipinski definition) is 2. The van der Waals surface area contributed by atoms with E-state index in [1.54, 1.807) is 11.0 Å². The van der Waals surface area contributed by atoms with E-state index in [2.05, 4.69) is 5.32 Å². The van der Waals surface area contributed by atoms with E-state index in [1.165, 1.54) is 12.1 Å². The van der Waals surface area contributed by atoms with E-state index >= 15 is 0 Å². The molecule has 1 saturated heterocycles. The van der Waals surface area contributed by atoms with Crippen LogP contribution in [0.2, 0.25) is 0 Å². The minimum absolute atomic E-state index is 0.0695. The zero-order valence-corrected chi connectivity index (χ0v) is 13.8. The molecule has 1 aromatic carbocycles. The molecule has 6 heteroatoms. The number of nitrogens with zero attached hydrogens (tertiary/aromatic N) is 1. The summed E-state index contributed by atoms with van der Waals surface area (Å²) in [5.41, 5.74) is 1.12. The number of carbonyl (C=O) groups is 2. The highest BCUT2D eigenvalue weighted by atomic mass is 19.1. The Balaban J connectivity index is 1.54. The lowest BCUT2D eigenvalue weighted by atomic mass is 9.81. The molecule has 5 nitrogen and oxygen atoms in total. The number of hydrogen-bond acceptors (Lipinski definition) is 2. The number of carbonyl (C=O) groups excluding carboxylic acids is 1. The predicted octanol–water partition coefficient (Wildman–Crippen LogP) is 2.57. The second-order valence-corrected chi connectivity index (χ2v) is 6.98. The van der Waals surface area contributed by atoms with Gasteiger partial charge in [-0.1, -0.05) is 12.5 Å². The lowest BCUT2D eigenvalue weighted by Crippen LogP contribution is -2.42. The number of nitrogens with one attached hydrogen (secondary N) is 1. The fourth-order valence-corrected chi connectivity index (χ4v) is 4.15. The van der Waals surface area contributed by atoms with Crippen LogP contribution in [0.5, 0.6) is 0 Å². The largest absolute Gasteiger partial charge is 0.481 e. The molecule has 24 heavy (non-hydrogen) atoms. The third kappa shape index (κ3) is 2.97. The van der Waals surface area contributed by atoms with Gasteiger partial charge >= 0.3 is 12.0 Å². The van der Waals surface area contributed by atoms with Gasteiger partial charge in [-0.2, -0.15) is 0 Å². The van der Waals surface area contributed by atoms with E-state index in [9.17, 15) is 19.1 Å². The van der Waals surface area contributed by atoms with Crippen molar-refractivity contribution in [1.29, 1.82) is 0 Å². The van der Waals surface area contributed by atoms with Crippen LogP contribution in [0, 0.1) is 24.1 Å². The van der Waals surface area contributed by atoms with Crippen molar-refractivity contribution in [3.8, 4) is 0 Å². The summed E-state index contributed by atoms with van der Waals surface area (Å²) in [5.74, 6) is -0.967.